The number of hydrogen-bond donors (Lipinski definition) is 1. The maximum absolute atomic E-state index is 12.6. The summed E-state index contributed by atoms with van der Waals surface area (Å²) < 4.78 is 0. The second kappa shape index (κ2) is 7.35. The molecule has 0 spiro atoms. The van der Waals surface area contributed by atoms with E-state index in [4.69, 9.17) is 0 Å². The Morgan fingerprint density at radius 3 is 2.31 bits per heavy atom. The van der Waals surface area contributed by atoms with Crippen LogP contribution in [0.25, 0.3) is 11.1 Å². The van der Waals surface area contributed by atoms with E-state index in [0.717, 1.165) is 35.7 Å². The van der Waals surface area contributed by atoms with E-state index in [9.17, 15) is 4.79 Å². The fraction of sp³-hybridized carbons (Fsp3) is 0.190. The topological polar surface area (TPSA) is 58.1 Å². The van der Waals surface area contributed by atoms with Gasteiger partial charge in [-0.3, -0.25) is 4.79 Å². The quantitative estimate of drug-likeness (QED) is 0.777. The zero-order valence-corrected chi connectivity index (χ0v) is 14.4. The molecule has 0 unspecified atom stereocenters. The van der Waals surface area contributed by atoms with E-state index in [1.165, 1.54) is 12.8 Å². The number of rotatable bonds is 4. The minimum Gasteiger partial charge on any atom is -0.355 e. The number of anilines is 2. The van der Waals surface area contributed by atoms with Gasteiger partial charge in [0.05, 0.1) is 0 Å². The number of carbonyl (C=O) groups is 1. The van der Waals surface area contributed by atoms with Crippen LogP contribution in [0, 0.1) is 0 Å². The standard InChI is InChI=1S/C21H20N4O/c26-21(19-12-13-20(24-23-19)25-14-6-7-15-25)22-18-11-5-4-10-17(18)16-8-2-1-3-9-16/h1-5,8-13H,6-7,14-15H2,(H,22,26). The van der Waals surface area contributed by atoms with E-state index in [1.54, 1.807) is 6.07 Å². The molecule has 0 radical (unpaired) electrons. The highest BCUT2D eigenvalue weighted by Crippen LogP contribution is 2.27. The highest BCUT2D eigenvalue weighted by atomic mass is 16.1. The van der Waals surface area contributed by atoms with Crippen LogP contribution in [0.15, 0.2) is 66.7 Å². The van der Waals surface area contributed by atoms with Crippen LogP contribution in [-0.2, 0) is 0 Å². The van der Waals surface area contributed by atoms with Gasteiger partial charge in [0.15, 0.2) is 11.5 Å². The molecule has 1 fully saturated rings. The maximum Gasteiger partial charge on any atom is 0.276 e. The first-order valence-electron chi connectivity index (χ1n) is 8.86. The van der Waals surface area contributed by atoms with Gasteiger partial charge in [-0.05, 0) is 36.6 Å². The molecule has 0 atom stereocenters. The number of nitrogens with one attached hydrogen (secondary N) is 1. The molecule has 130 valence electrons. The summed E-state index contributed by atoms with van der Waals surface area (Å²) in [6.07, 6.45) is 2.36. The normalized spacial score (nSPS) is 13.6. The Bertz CT molecular complexity index is 887. The summed E-state index contributed by atoms with van der Waals surface area (Å²) in [6.45, 7) is 2.01. The number of nitrogens with zero attached hydrogens (tertiary/aromatic N) is 3. The van der Waals surface area contributed by atoms with Crippen molar-refractivity contribution in [2.24, 2.45) is 0 Å². The van der Waals surface area contributed by atoms with Crippen molar-refractivity contribution in [3.8, 4) is 11.1 Å². The average Bonchev–Trinajstić information content (AvgIpc) is 3.24. The van der Waals surface area contributed by atoms with Gasteiger partial charge in [-0.15, -0.1) is 10.2 Å². The Morgan fingerprint density at radius 1 is 0.846 bits per heavy atom. The molecule has 4 rings (SSSR count). The zero-order chi connectivity index (χ0) is 17.8. The van der Waals surface area contributed by atoms with E-state index < -0.39 is 0 Å². The van der Waals surface area contributed by atoms with E-state index in [0.29, 0.717) is 5.69 Å². The monoisotopic (exact) mass is 344 g/mol. The van der Waals surface area contributed by atoms with Crippen LogP contribution in [0.3, 0.4) is 0 Å². The summed E-state index contributed by atoms with van der Waals surface area (Å²) in [6, 6.07) is 21.4. The predicted molar refractivity (Wildman–Crippen MR) is 103 cm³/mol. The molecule has 0 aliphatic carbocycles. The number of benzene rings is 2. The van der Waals surface area contributed by atoms with Gasteiger partial charge in [-0.2, -0.15) is 0 Å². The molecule has 2 heterocycles. The molecule has 2 aromatic carbocycles. The Kier molecular flexibility index (Phi) is 4.60. The second-order valence-corrected chi connectivity index (χ2v) is 6.34. The summed E-state index contributed by atoms with van der Waals surface area (Å²) in [5.41, 5.74) is 3.10. The van der Waals surface area contributed by atoms with Crippen molar-refractivity contribution in [1.82, 2.24) is 10.2 Å². The van der Waals surface area contributed by atoms with Crippen LogP contribution in [0.2, 0.25) is 0 Å². The van der Waals surface area contributed by atoms with Crippen LogP contribution >= 0.6 is 0 Å². The van der Waals surface area contributed by atoms with Crippen LogP contribution in [0.1, 0.15) is 23.3 Å². The predicted octanol–water partition coefficient (Wildman–Crippen LogP) is 4.00. The lowest BCUT2D eigenvalue weighted by Gasteiger charge is -2.15. The minimum absolute atomic E-state index is 0.256. The highest BCUT2D eigenvalue weighted by Gasteiger charge is 2.16. The highest BCUT2D eigenvalue weighted by molar-refractivity contribution is 6.05. The third kappa shape index (κ3) is 3.42. The summed E-state index contributed by atoms with van der Waals surface area (Å²) in [5, 5.41) is 11.3. The second-order valence-electron chi connectivity index (χ2n) is 6.34. The van der Waals surface area contributed by atoms with Gasteiger partial charge in [-0.25, -0.2) is 0 Å². The maximum atomic E-state index is 12.6. The van der Waals surface area contributed by atoms with Crippen molar-refractivity contribution in [2.75, 3.05) is 23.3 Å². The first kappa shape index (κ1) is 16.3. The van der Waals surface area contributed by atoms with Crippen molar-refractivity contribution in [1.29, 1.82) is 0 Å². The third-order valence-electron chi connectivity index (χ3n) is 4.57. The Balaban J connectivity index is 1.53. The van der Waals surface area contributed by atoms with Crippen molar-refractivity contribution < 1.29 is 4.79 Å². The number of para-hydroxylation sites is 1. The van der Waals surface area contributed by atoms with Crippen molar-refractivity contribution in [2.45, 2.75) is 12.8 Å². The van der Waals surface area contributed by atoms with Gasteiger partial charge in [0.2, 0.25) is 0 Å². The largest absolute Gasteiger partial charge is 0.355 e. The van der Waals surface area contributed by atoms with Gasteiger partial charge in [0, 0.05) is 24.3 Å². The molecule has 1 N–H and O–H groups in total. The van der Waals surface area contributed by atoms with Crippen molar-refractivity contribution in [3.63, 3.8) is 0 Å². The fourth-order valence-corrected chi connectivity index (χ4v) is 3.21. The Morgan fingerprint density at radius 2 is 1.58 bits per heavy atom. The molecule has 1 saturated heterocycles. The van der Waals surface area contributed by atoms with Gasteiger partial charge in [0.1, 0.15) is 0 Å². The molecule has 5 heteroatoms. The summed E-state index contributed by atoms with van der Waals surface area (Å²) in [5.74, 6) is 0.581. The van der Waals surface area contributed by atoms with Crippen LogP contribution in [0.5, 0.6) is 0 Å². The molecular weight excluding hydrogens is 324 g/mol. The molecule has 26 heavy (non-hydrogen) atoms. The molecule has 0 saturated carbocycles. The third-order valence-corrected chi connectivity index (χ3v) is 4.57. The van der Waals surface area contributed by atoms with E-state index in [1.807, 2.05) is 60.7 Å². The van der Waals surface area contributed by atoms with Crippen molar-refractivity contribution >= 4 is 17.4 Å². The van der Waals surface area contributed by atoms with E-state index in [2.05, 4.69) is 20.4 Å². The summed E-state index contributed by atoms with van der Waals surface area (Å²) in [4.78, 5) is 14.8. The fourth-order valence-electron chi connectivity index (χ4n) is 3.21. The lowest BCUT2D eigenvalue weighted by molar-refractivity contribution is 0.102. The lowest BCUT2D eigenvalue weighted by atomic mass is 10.0. The molecule has 1 aromatic heterocycles. The summed E-state index contributed by atoms with van der Waals surface area (Å²) in [7, 11) is 0. The van der Waals surface area contributed by atoms with Crippen LogP contribution < -0.4 is 10.2 Å². The summed E-state index contributed by atoms with van der Waals surface area (Å²) >= 11 is 0. The van der Waals surface area contributed by atoms with Gasteiger partial charge in [-0.1, -0.05) is 48.5 Å². The number of amides is 1. The lowest BCUT2D eigenvalue weighted by Crippen LogP contribution is -2.21. The molecular formula is C21H20N4O. The first-order valence-corrected chi connectivity index (χ1v) is 8.86. The Labute approximate surface area is 152 Å². The number of aromatic nitrogens is 2. The van der Waals surface area contributed by atoms with Gasteiger partial charge in [0.25, 0.3) is 5.91 Å². The molecule has 1 aliphatic rings. The number of carbonyl (C=O) groups excluding carboxylic acids is 1. The zero-order valence-electron chi connectivity index (χ0n) is 14.4. The SMILES string of the molecule is O=C(Nc1ccccc1-c1ccccc1)c1ccc(N2CCCC2)nn1. The molecule has 1 amide bonds. The van der Waals surface area contributed by atoms with E-state index >= 15 is 0 Å². The molecule has 1 aliphatic heterocycles. The van der Waals surface area contributed by atoms with Gasteiger partial charge >= 0.3 is 0 Å². The molecule has 5 nitrogen and oxygen atoms in total. The molecule has 0 bridgehead atoms. The van der Waals surface area contributed by atoms with Crippen LogP contribution in [0.4, 0.5) is 11.5 Å². The van der Waals surface area contributed by atoms with Crippen molar-refractivity contribution in [3.05, 3.63) is 72.4 Å². The van der Waals surface area contributed by atoms with Crippen LogP contribution in [-0.4, -0.2) is 29.2 Å². The first-order chi connectivity index (χ1) is 12.8. The Hall–Kier alpha value is -3.21. The number of hydrogen-bond acceptors (Lipinski definition) is 4. The van der Waals surface area contributed by atoms with E-state index in [-0.39, 0.29) is 5.91 Å². The average molecular weight is 344 g/mol. The minimum atomic E-state index is -0.256. The smallest absolute Gasteiger partial charge is 0.276 e. The van der Waals surface area contributed by atoms with Gasteiger partial charge < -0.3 is 10.2 Å². The molecule has 3 aromatic rings.